The summed E-state index contributed by atoms with van der Waals surface area (Å²) in [5, 5.41) is 3.15. The van der Waals surface area contributed by atoms with Crippen molar-refractivity contribution in [1.29, 1.82) is 0 Å². The number of nitrogens with two attached hydrogens (primary N) is 2. The normalized spacial score (nSPS) is 25.9. The number of ether oxygens (including phenoxy) is 1. The molecule has 2 unspecified atom stereocenters. The van der Waals surface area contributed by atoms with Gasteiger partial charge in [-0.1, -0.05) is 0 Å². The van der Waals surface area contributed by atoms with Crippen LogP contribution in [0.3, 0.4) is 0 Å². The Balaban J connectivity index is 1.59. The first-order valence-electron chi connectivity index (χ1n) is 6.42. The SMILES string of the molecule is NC1C=NC=CC1(N)CCOCCCc1nccs1. The Bertz CT molecular complexity index is 432. The third kappa shape index (κ3) is 4.21. The van der Waals surface area contributed by atoms with Gasteiger partial charge in [-0.05, 0) is 18.9 Å². The van der Waals surface area contributed by atoms with Crippen molar-refractivity contribution in [1.82, 2.24) is 4.98 Å². The number of aromatic nitrogens is 1. The Morgan fingerprint density at radius 2 is 2.32 bits per heavy atom. The van der Waals surface area contributed by atoms with E-state index in [1.165, 1.54) is 0 Å². The van der Waals surface area contributed by atoms with E-state index in [-0.39, 0.29) is 6.04 Å². The highest BCUT2D eigenvalue weighted by Gasteiger charge is 2.29. The molecule has 0 saturated carbocycles. The van der Waals surface area contributed by atoms with Gasteiger partial charge in [-0.2, -0.15) is 0 Å². The summed E-state index contributed by atoms with van der Waals surface area (Å²) in [4.78, 5) is 8.21. The zero-order valence-electron chi connectivity index (χ0n) is 10.9. The Hall–Kier alpha value is -1.08. The fourth-order valence-corrected chi connectivity index (χ4v) is 2.54. The van der Waals surface area contributed by atoms with Gasteiger partial charge in [0, 0.05) is 43.6 Å². The number of hydrogen-bond donors (Lipinski definition) is 2. The fourth-order valence-electron chi connectivity index (χ4n) is 1.88. The van der Waals surface area contributed by atoms with Gasteiger partial charge in [-0.3, -0.25) is 4.99 Å². The Kier molecular flexibility index (Phi) is 5.21. The molecule has 1 aliphatic rings. The van der Waals surface area contributed by atoms with Gasteiger partial charge >= 0.3 is 0 Å². The Morgan fingerprint density at radius 1 is 1.42 bits per heavy atom. The molecule has 0 amide bonds. The number of rotatable bonds is 7. The summed E-state index contributed by atoms with van der Waals surface area (Å²) in [6.45, 7) is 1.34. The second-order valence-electron chi connectivity index (χ2n) is 4.64. The van der Waals surface area contributed by atoms with Crippen LogP contribution in [0.1, 0.15) is 17.8 Å². The highest BCUT2D eigenvalue weighted by atomic mass is 32.1. The first-order valence-corrected chi connectivity index (χ1v) is 7.30. The van der Waals surface area contributed by atoms with Crippen molar-refractivity contribution >= 4 is 17.6 Å². The zero-order valence-corrected chi connectivity index (χ0v) is 11.7. The highest BCUT2D eigenvalue weighted by molar-refractivity contribution is 7.09. The molecule has 104 valence electrons. The van der Waals surface area contributed by atoms with E-state index in [9.17, 15) is 0 Å². The molecule has 1 aliphatic heterocycles. The van der Waals surface area contributed by atoms with Crippen molar-refractivity contribution in [2.45, 2.75) is 30.8 Å². The van der Waals surface area contributed by atoms with E-state index in [0.717, 1.165) is 24.5 Å². The van der Waals surface area contributed by atoms with Gasteiger partial charge in [-0.15, -0.1) is 11.3 Å². The lowest BCUT2D eigenvalue weighted by Crippen LogP contribution is -2.56. The topological polar surface area (TPSA) is 86.5 Å². The first-order chi connectivity index (χ1) is 9.21. The van der Waals surface area contributed by atoms with Gasteiger partial charge < -0.3 is 16.2 Å². The molecule has 19 heavy (non-hydrogen) atoms. The predicted molar refractivity (Wildman–Crippen MR) is 78.4 cm³/mol. The molecule has 1 aromatic heterocycles. The Morgan fingerprint density at radius 3 is 3.05 bits per heavy atom. The molecule has 0 spiro atoms. The summed E-state index contributed by atoms with van der Waals surface area (Å²) < 4.78 is 5.61. The third-order valence-electron chi connectivity index (χ3n) is 3.18. The summed E-state index contributed by atoms with van der Waals surface area (Å²) in [6, 6.07) is -0.239. The quantitative estimate of drug-likeness (QED) is 0.732. The van der Waals surface area contributed by atoms with E-state index in [1.54, 1.807) is 23.8 Å². The molecule has 4 N–H and O–H groups in total. The molecule has 0 radical (unpaired) electrons. The monoisotopic (exact) mass is 280 g/mol. The third-order valence-corrected chi connectivity index (χ3v) is 4.02. The van der Waals surface area contributed by atoms with Gasteiger partial charge in [0.25, 0.3) is 0 Å². The van der Waals surface area contributed by atoms with Crippen LogP contribution >= 0.6 is 11.3 Å². The molecule has 0 aromatic carbocycles. The number of nitrogens with zero attached hydrogens (tertiary/aromatic N) is 2. The summed E-state index contributed by atoms with van der Waals surface area (Å²) in [6.07, 6.45) is 9.72. The molecule has 0 saturated heterocycles. The lowest BCUT2D eigenvalue weighted by molar-refractivity contribution is 0.117. The lowest BCUT2D eigenvalue weighted by atomic mass is 9.88. The zero-order chi connectivity index (χ0) is 13.6. The number of aryl methyl sites for hydroxylation is 1. The van der Waals surface area contributed by atoms with E-state index < -0.39 is 5.54 Å². The molecule has 5 nitrogen and oxygen atoms in total. The van der Waals surface area contributed by atoms with E-state index in [0.29, 0.717) is 13.0 Å². The molecule has 0 bridgehead atoms. The van der Waals surface area contributed by atoms with Crippen LogP contribution in [0, 0.1) is 0 Å². The van der Waals surface area contributed by atoms with Gasteiger partial charge in [0.15, 0.2) is 0 Å². The minimum atomic E-state index is -0.531. The van der Waals surface area contributed by atoms with Crippen LogP contribution in [0.15, 0.2) is 28.8 Å². The van der Waals surface area contributed by atoms with E-state index in [2.05, 4.69) is 9.98 Å². The standard InChI is InChI=1S/C13H20N4OS/c14-11-10-16-5-3-13(11,15)4-8-18-7-1-2-12-17-6-9-19-12/h3,5-6,9-11H,1-2,4,7-8,14-15H2. The number of thiazole rings is 1. The fraction of sp³-hybridized carbons (Fsp3) is 0.538. The van der Waals surface area contributed by atoms with Gasteiger partial charge in [0.05, 0.1) is 16.6 Å². The second-order valence-corrected chi connectivity index (χ2v) is 5.62. The molecular formula is C13H20N4OS. The molecular weight excluding hydrogens is 260 g/mol. The number of hydrogen-bond acceptors (Lipinski definition) is 6. The molecule has 2 rings (SSSR count). The van der Waals surface area contributed by atoms with Crippen LogP contribution in [0.25, 0.3) is 0 Å². The lowest BCUT2D eigenvalue weighted by Gasteiger charge is -2.31. The van der Waals surface area contributed by atoms with Crippen LogP contribution < -0.4 is 11.5 Å². The van der Waals surface area contributed by atoms with E-state index in [1.807, 2.05) is 17.7 Å². The maximum Gasteiger partial charge on any atom is 0.0925 e. The maximum atomic E-state index is 6.20. The smallest absolute Gasteiger partial charge is 0.0925 e. The maximum absolute atomic E-state index is 6.20. The average molecular weight is 280 g/mol. The minimum Gasteiger partial charge on any atom is -0.381 e. The predicted octanol–water partition coefficient (Wildman–Crippen LogP) is 1.11. The van der Waals surface area contributed by atoms with Gasteiger partial charge in [0.1, 0.15) is 0 Å². The molecule has 6 heteroatoms. The van der Waals surface area contributed by atoms with E-state index >= 15 is 0 Å². The molecule has 2 heterocycles. The number of aliphatic imine (C=N–C) groups is 1. The van der Waals surface area contributed by atoms with Crippen LogP contribution in [-0.2, 0) is 11.2 Å². The highest BCUT2D eigenvalue weighted by Crippen LogP contribution is 2.15. The minimum absolute atomic E-state index is 0.239. The van der Waals surface area contributed by atoms with Gasteiger partial charge in [-0.25, -0.2) is 4.98 Å². The summed E-state index contributed by atoms with van der Waals surface area (Å²) in [5.74, 6) is 0. The van der Waals surface area contributed by atoms with Crippen molar-refractivity contribution in [2.24, 2.45) is 16.5 Å². The van der Waals surface area contributed by atoms with Crippen molar-refractivity contribution < 1.29 is 4.74 Å². The van der Waals surface area contributed by atoms with Crippen molar-refractivity contribution in [3.63, 3.8) is 0 Å². The van der Waals surface area contributed by atoms with E-state index in [4.69, 9.17) is 16.2 Å². The summed E-state index contributed by atoms with van der Waals surface area (Å²) in [7, 11) is 0. The van der Waals surface area contributed by atoms with Crippen molar-refractivity contribution in [3.8, 4) is 0 Å². The Labute approximate surface area is 117 Å². The van der Waals surface area contributed by atoms with Crippen LogP contribution in [0.4, 0.5) is 0 Å². The van der Waals surface area contributed by atoms with Crippen molar-refractivity contribution in [3.05, 3.63) is 28.9 Å². The first kappa shape index (κ1) is 14.3. The molecule has 2 atom stereocenters. The largest absolute Gasteiger partial charge is 0.381 e. The molecule has 0 aliphatic carbocycles. The molecule has 1 aromatic rings. The summed E-state index contributed by atoms with van der Waals surface area (Å²) >= 11 is 1.68. The second kappa shape index (κ2) is 6.91. The van der Waals surface area contributed by atoms with Crippen LogP contribution in [-0.4, -0.2) is 36.0 Å². The van der Waals surface area contributed by atoms with Crippen LogP contribution in [0.5, 0.6) is 0 Å². The van der Waals surface area contributed by atoms with Gasteiger partial charge in [0.2, 0.25) is 0 Å². The average Bonchev–Trinajstić information content (AvgIpc) is 2.91. The summed E-state index contributed by atoms with van der Waals surface area (Å²) in [5.41, 5.74) is 11.6. The van der Waals surface area contributed by atoms with Crippen LogP contribution in [0.2, 0.25) is 0 Å². The van der Waals surface area contributed by atoms with Crippen molar-refractivity contribution in [2.75, 3.05) is 13.2 Å². The molecule has 0 fully saturated rings.